The van der Waals surface area contributed by atoms with Gasteiger partial charge in [0.25, 0.3) is 5.91 Å². The number of carbonyl (C=O) groups is 1. The lowest BCUT2D eigenvalue weighted by Gasteiger charge is -2.49. The third kappa shape index (κ3) is 6.32. The molecule has 2 saturated carbocycles. The fraction of sp³-hybridized carbons (Fsp3) is 0.382. The number of benzene rings is 3. The van der Waals surface area contributed by atoms with Gasteiger partial charge in [0.05, 0.1) is 36.1 Å². The number of amides is 1. The molecular weight excluding hydrogens is 650 g/mol. The smallest absolute Gasteiger partial charge is 0.253 e. The average molecular weight is 684 g/mol. The van der Waals surface area contributed by atoms with Gasteiger partial charge in [0.15, 0.2) is 0 Å². The molecule has 3 fully saturated rings. The monoisotopic (exact) mass is 682 g/mol. The third-order valence-electron chi connectivity index (χ3n) is 9.08. The van der Waals surface area contributed by atoms with Crippen LogP contribution in [-0.2, 0) is 19.6 Å². The Morgan fingerprint density at radius 2 is 1.72 bits per heavy atom. The molecule has 7 rings (SSSR count). The van der Waals surface area contributed by atoms with Gasteiger partial charge in [-0.3, -0.25) is 14.1 Å². The minimum absolute atomic E-state index is 0.00772. The van der Waals surface area contributed by atoms with Crippen LogP contribution in [-0.4, -0.2) is 61.8 Å². The first-order valence-corrected chi connectivity index (χ1v) is 17.7. The summed E-state index contributed by atoms with van der Waals surface area (Å²) in [6.45, 7) is 0.293. The van der Waals surface area contributed by atoms with Crippen LogP contribution < -0.4 is 4.31 Å². The fourth-order valence-electron chi connectivity index (χ4n) is 6.50. The maximum Gasteiger partial charge on any atom is 0.253 e. The van der Waals surface area contributed by atoms with Crippen LogP contribution >= 0.6 is 23.2 Å². The number of ether oxygens (including phenoxy) is 1. The summed E-state index contributed by atoms with van der Waals surface area (Å²) < 4.78 is 51.2. The highest BCUT2D eigenvalue weighted by Crippen LogP contribution is 2.49. The van der Waals surface area contributed by atoms with E-state index in [0.717, 1.165) is 29.7 Å². The van der Waals surface area contributed by atoms with Crippen molar-refractivity contribution in [2.45, 2.75) is 61.6 Å². The molecule has 240 valence electrons. The Hall–Kier alpha value is -3.31. The largest absolute Gasteiger partial charge is 0.358 e. The summed E-state index contributed by atoms with van der Waals surface area (Å²) in [4.78, 5) is 25.1. The van der Waals surface area contributed by atoms with E-state index in [2.05, 4.69) is 9.98 Å². The van der Waals surface area contributed by atoms with E-state index in [1.54, 1.807) is 24.3 Å². The van der Waals surface area contributed by atoms with E-state index in [1.807, 2.05) is 35.2 Å². The fourth-order valence-corrected chi connectivity index (χ4v) is 8.70. The average Bonchev–Trinajstić information content (AvgIpc) is 3.98. The molecule has 4 atom stereocenters. The lowest BCUT2D eigenvalue weighted by molar-refractivity contribution is -0.178. The molecule has 8 nitrogen and oxygen atoms in total. The first kappa shape index (κ1) is 31.3. The molecule has 46 heavy (non-hydrogen) atoms. The summed E-state index contributed by atoms with van der Waals surface area (Å²) in [5.41, 5.74) is 2.26. The van der Waals surface area contributed by atoms with Gasteiger partial charge in [-0.2, -0.15) is 0 Å². The van der Waals surface area contributed by atoms with E-state index >= 15 is 4.39 Å². The molecule has 0 radical (unpaired) electrons. The summed E-state index contributed by atoms with van der Waals surface area (Å²) in [6.07, 6.45) is 2.81. The van der Waals surface area contributed by atoms with Crippen molar-refractivity contribution in [3.05, 3.63) is 99.8 Å². The van der Waals surface area contributed by atoms with Crippen LogP contribution in [0.25, 0.3) is 0 Å². The first-order valence-electron chi connectivity index (χ1n) is 15.5. The van der Waals surface area contributed by atoms with Crippen LogP contribution in [0.2, 0.25) is 10.0 Å². The predicted octanol–water partition coefficient (Wildman–Crippen LogP) is 6.79. The van der Waals surface area contributed by atoms with E-state index < -0.39 is 45.4 Å². The minimum Gasteiger partial charge on any atom is -0.358 e. The van der Waals surface area contributed by atoms with Crippen molar-refractivity contribution in [1.29, 1.82) is 0 Å². The van der Waals surface area contributed by atoms with Crippen LogP contribution in [0, 0.1) is 11.7 Å². The molecule has 0 aromatic heterocycles. The van der Waals surface area contributed by atoms with E-state index in [1.165, 1.54) is 28.8 Å². The number of halogens is 3. The number of sulfonamides is 1. The zero-order chi connectivity index (χ0) is 32.0. The second kappa shape index (κ2) is 12.7. The Bertz CT molecular complexity index is 1800. The van der Waals surface area contributed by atoms with Crippen LogP contribution in [0.1, 0.15) is 55.4 Å². The molecule has 2 heterocycles. The molecule has 3 aromatic rings. The first-order chi connectivity index (χ1) is 22.2. The van der Waals surface area contributed by atoms with Crippen LogP contribution in [0.3, 0.4) is 0 Å². The lowest BCUT2D eigenvalue weighted by Crippen LogP contribution is -2.59. The Morgan fingerprint density at radius 1 is 0.957 bits per heavy atom. The minimum atomic E-state index is -3.90. The zero-order valence-corrected chi connectivity index (χ0v) is 27.2. The number of para-hydroxylation sites is 1. The summed E-state index contributed by atoms with van der Waals surface area (Å²) in [5.74, 6) is -0.895. The third-order valence-corrected chi connectivity index (χ3v) is 11.8. The maximum atomic E-state index is 15.4. The number of anilines is 1. The van der Waals surface area contributed by atoms with Crippen LogP contribution in [0.4, 0.5) is 10.1 Å². The molecule has 2 aliphatic heterocycles. The Balaban J connectivity index is 1.37. The summed E-state index contributed by atoms with van der Waals surface area (Å²) in [7, 11) is -3.90. The molecule has 2 aliphatic carbocycles. The molecule has 4 aliphatic rings. The topological polar surface area (TPSA) is 91.6 Å². The van der Waals surface area contributed by atoms with Gasteiger partial charge in [0.1, 0.15) is 24.4 Å². The van der Waals surface area contributed by atoms with Crippen molar-refractivity contribution >= 4 is 56.9 Å². The van der Waals surface area contributed by atoms with E-state index in [0.29, 0.717) is 29.4 Å². The molecule has 12 heteroatoms. The molecular formula is C34H33Cl2FN4O4S. The standard InChI is InChI=1S/C34H33Cl2FN4O4S/c35-24-12-10-22(11-13-24)32-33(23-4-3-5-25(36)16-23)45-31(17-26-18-38-20-39-26)34(42)41(32)30(21-8-9-21)19-40(46(43,44)27-14-15-27)29-7-2-1-6-28(29)37/h1-7,10-13,16,20-21,27,30-33H,8-9,14-15,17-19H2/t30-,31+,32-,33-/m1/s1. The van der Waals surface area contributed by atoms with Crippen LogP contribution in [0.15, 0.2) is 82.8 Å². The predicted molar refractivity (Wildman–Crippen MR) is 178 cm³/mol. The van der Waals surface area contributed by atoms with Gasteiger partial charge >= 0.3 is 0 Å². The van der Waals surface area contributed by atoms with Crippen molar-refractivity contribution in [2.24, 2.45) is 15.9 Å². The van der Waals surface area contributed by atoms with E-state index in [4.69, 9.17) is 27.9 Å². The molecule has 0 N–H and O–H groups in total. The normalized spacial score (nSPS) is 23.8. The van der Waals surface area contributed by atoms with Gasteiger partial charge in [-0.15, -0.1) is 0 Å². The molecule has 0 unspecified atom stereocenters. The molecule has 1 saturated heterocycles. The van der Waals surface area contributed by atoms with Gasteiger partial charge < -0.3 is 9.64 Å². The summed E-state index contributed by atoms with van der Waals surface area (Å²) in [6, 6.07) is 19.3. The number of carbonyl (C=O) groups excluding carboxylic acids is 1. The van der Waals surface area contributed by atoms with Gasteiger partial charge in [0, 0.05) is 22.2 Å². The SMILES string of the molecule is O=C1[C@H](CC2=NC=NC2)O[C@H](c2cccc(Cl)c2)[C@@H](c2ccc(Cl)cc2)N1[C@H](CN(c1ccccc1F)S(=O)(=O)C1CC1)C1CC1. The molecule has 0 spiro atoms. The molecule has 1 amide bonds. The van der Waals surface area contributed by atoms with E-state index in [9.17, 15) is 13.2 Å². The van der Waals surface area contributed by atoms with Gasteiger partial charge in [-0.1, -0.05) is 59.6 Å². The van der Waals surface area contributed by atoms with Crippen molar-refractivity contribution in [2.75, 3.05) is 17.4 Å². The van der Waals surface area contributed by atoms with Crippen molar-refractivity contribution in [3.63, 3.8) is 0 Å². The highest BCUT2D eigenvalue weighted by atomic mass is 35.5. The van der Waals surface area contributed by atoms with Crippen LogP contribution in [0.5, 0.6) is 0 Å². The number of hydrogen-bond acceptors (Lipinski definition) is 6. The lowest BCUT2D eigenvalue weighted by atomic mass is 9.88. The number of aliphatic imine (C=N–C) groups is 2. The number of hydrogen-bond donors (Lipinski definition) is 0. The molecule has 3 aromatic carbocycles. The summed E-state index contributed by atoms with van der Waals surface area (Å²) in [5, 5.41) is 0.478. The quantitative estimate of drug-likeness (QED) is 0.223. The number of nitrogens with zero attached hydrogens (tertiary/aromatic N) is 4. The summed E-state index contributed by atoms with van der Waals surface area (Å²) >= 11 is 12.8. The van der Waals surface area contributed by atoms with Crippen molar-refractivity contribution in [3.8, 4) is 0 Å². The van der Waals surface area contributed by atoms with E-state index in [-0.39, 0.29) is 30.5 Å². The molecule has 0 bridgehead atoms. The van der Waals surface area contributed by atoms with Gasteiger partial charge in [-0.05, 0) is 79.1 Å². The zero-order valence-electron chi connectivity index (χ0n) is 24.9. The Morgan fingerprint density at radius 3 is 2.37 bits per heavy atom. The second-order valence-electron chi connectivity index (χ2n) is 12.3. The number of morpholine rings is 1. The second-order valence-corrected chi connectivity index (χ2v) is 15.3. The number of rotatable bonds is 11. The Labute approximate surface area is 277 Å². The Kier molecular flexibility index (Phi) is 8.65. The highest BCUT2D eigenvalue weighted by Gasteiger charge is 2.52. The van der Waals surface area contributed by atoms with Crippen molar-refractivity contribution in [1.82, 2.24) is 4.90 Å². The van der Waals surface area contributed by atoms with Gasteiger partial charge in [0.2, 0.25) is 10.0 Å². The van der Waals surface area contributed by atoms with Crippen molar-refractivity contribution < 1.29 is 22.3 Å². The maximum absolute atomic E-state index is 15.4. The highest BCUT2D eigenvalue weighted by molar-refractivity contribution is 7.93. The van der Waals surface area contributed by atoms with Gasteiger partial charge in [-0.25, -0.2) is 17.8 Å².